The summed E-state index contributed by atoms with van der Waals surface area (Å²) in [5, 5.41) is 18.6. The van der Waals surface area contributed by atoms with Crippen LogP contribution < -0.4 is 10.2 Å². The Labute approximate surface area is 170 Å². The third-order valence-electron chi connectivity index (χ3n) is 2.68. The summed E-state index contributed by atoms with van der Waals surface area (Å²) in [5.41, 5.74) is 2.83. The van der Waals surface area contributed by atoms with E-state index in [0.29, 0.717) is 0 Å². The third-order valence-corrected chi connectivity index (χ3v) is 2.68. The Bertz CT molecular complexity index is 504. The molecule has 0 atom stereocenters. The van der Waals surface area contributed by atoms with Crippen molar-refractivity contribution in [1.82, 2.24) is 0 Å². The predicted octanol–water partition coefficient (Wildman–Crippen LogP) is -0.0327. The van der Waals surface area contributed by atoms with E-state index in [2.05, 4.69) is 60.7 Å². The molecule has 0 heterocycles. The van der Waals surface area contributed by atoms with Crippen LogP contribution in [0.4, 0.5) is 0 Å². The van der Waals surface area contributed by atoms with Gasteiger partial charge in [0, 0.05) is 18.4 Å². The van der Waals surface area contributed by atoms with Crippen molar-refractivity contribution in [3.63, 3.8) is 0 Å². The van der Waals surface area contributed by atoms with Gasteiger partial charge in [-0.15, -0.1) is 0 Å². The number of carbonyl (C=O) groups is 2. The standard InChI is InChI=1S/C14H14.C3H4O4.Ba/c1-3-7-13(8-4-1)11-12-14-9-5-2-6-10-14;4-2(5)1-3(6)7;/h1-10H,11-12H2;1H2,(H,4,5)(H,6,7);/q;;+2/p-2. The first-order valence-electron chi connectivity index (χ1n) is 6.55. The van der Waals surface area contributed by atoms with E-state index in [1.54, 1.807) is 0 Å². The zero-order valence-corrected chi connectivity index (χ0v) is 16.7. The molecule has 5 heteroatoms. The monoisotopic (exact) mass is 422 g/mol. The molecule has 0 aromatic heterocycles. The van der Waals surface area contributed by atoms with Crippen LogP contribution in [0.5, 0.6) is 0 Å². The van der Waals surface area contributed by atoms with Crippen LogP contribution >= 0.6 is 0 Å². The van der Waals surface area contributed by atoms with Crippen LogP contribution in [0.15, 0.2) is 60.7 Å². The Hall–Kier alpha value is -1.05. The van der Waals surface area contributed by atoms with E-state index < -0.39 is 18.4 Å². The second-order valence-electron chi connectivity index (χ2n) is 4.39. The molecule has 110 valence electrons. The maximum Gasteiger partial charge on any atom is 2.00 e. The van der Waals surface area contributed by atoms with E-state index in [9.17, 15) is 19.8 Å². The van der Waals surface area contributed by atoms with Crippen molar-refractivity contribution in [2.45, 2.75) is 19.3 Å². The number of hydrogen-bond acceptors (Lipinski definition) is 4. The SMILES string of the molecule is O=C([O-])CC(=O)[O-].[Ba+2].c1ccc(CCc2ccccc2)cc1. The molecular formula is C17H16BaO4. The third kappa shape index (κ3) is 10.6. The van der Waals surface area contributed by atoms with Gasteiger partial charge in [0.15, 0.2) is 0 Å². The first-order valence-corrected chi connectivity index (χ1v) is 6.55. The summed E-state index contributed by atoms with van der Waals surface area (Å²) in [5.74, 6) is -3.25. The van der Waals surface area contributed by atoms with Gasteiger partial charge in [-0.3, -0.25) is 0 Å². The number of hydrogen-bond donors (Lipinski definition) is 0. The van der Waals surface area contributed by atoms with Gasteiger partial charge in [0.2, 0.25) is 0 Å². The minimum absolute atomic E-state index is 0. The van der Waals surface area contributed by atoms with Crippen molar-refractivity contribution < 1.29 is 19.8 Å². The summed E-state index contributed by atoms with van der Waals surface area (Å²) in [6.45, 7) is 0. The summed E-state index contributed by atoms with van der Waals surface area (Å²) >= 11 is 0. The van der Waals surface area contributed by atoms with Crippen molar-refractivity contribution in [3.05, 3.63) is 71.8 Å². The molecule has 0 aliphatic rings. The molecule has 0 aliphatic carbocycles. The van der Waals surface area contributed by atoms with Gasteiger partial charge in [0.1, 0.15) is 0 Å². The van der Waals surface area contributed by atoms with Gasteiger partial charge in [-0.2, -0.15) is 0 Å². The Morgan fingerprint density at radius 1 is 0.682 bits per heavy atom. The van der Waals surface area contributed by atoms with Crippen molar-refractivity contribution >= 4 is 60.8 Å². The van der Waals surface area contributed by atoms with Gasteiger partial charge in [-0.25, -0.2) is 0 Å². The second-order valence-corrected chi connectivity index (χ2v) is 4.39. The van der Waals surface area contributed by atoms with Gasteiger partial charge < -0.3 is 19.8 Å². The Balaban J connectivity index is 0.000000478. The molecule has 0 unspecified atom stereocenters. The minimum atomic E-state index is -1.63. The Morgan fingerprint density at radius 2 is 1.00 bits per heavy atom. The van der Waals surface area contributed by atoms with Crippen LogP contribution in [0, 0.1) is 0 Å². The van der Waals surface area contributed by atoms with Crippen molar-refractivity contribution in [2.24, 2.45) is 0 Å². The van der Waals surface area contributed by atoms with E-state index in [1.165, 1.54) is 11.1 Å². The fraction of sp³-hybridized carbons (Fsp3) is 0.176. The topological polar surface area (TPSA) is 80.3 Å². The van der Waals surface area contributed by atoms with E-state index in [-0.39, 0.29) is 48.9 Å². The molecule has 2 aromatic rings. The molecule has 0 aliphatic heterocycles. The zero-order chi connectivity index (χ0) is 15.5. The molecule has 0 saturated carbocycles. The molecule has 0 spiro atoms. The van der Waals surface area contributed by atoms with Crippen molar-refractivity contribution in [3.8, 4) is 0 Å². The molecule has 0 N–H and O–H groups in total. The van der Waals surface area contributed by atoms with Crippen LogP contribution in [0.1, 0.15) is 17.5 Å². The number of aryl methyl sites for hydroxylation is 2. The molecule has 2 rings (SSSR count). The average Bonchev–Trinajstić information content (AvgIpc) is 2.46. The first-order chi connectivity index (χ1) is 10.1. The van der Waals surface area contributed by atoms with E-state index in [1.807, 2.05) is 0 Å². The van der Waals surface area contributed by atoms with Crippen LogP contribution in [-0.4, -0.2) is 60.8 Å². The molecule has 2 aromatic carbocycles. The number of carbonyl (C=O) groups excluding carboxylic acids is 2. The van der Waals surface area contributed by atoms with E-state index >= 15 is 0 Å². The van der Waals surface area contributed by atoms with Crippen LogP contribution in [0.25, 0.3) is 0 Å². The fourth-order valence-electron chi connectivity index (χ4n) is 1.70. The minimum Gasteiger partial charge on any atom is -0.550 e. The predicted molar refractivity (Wildman–Crippen MR) is 80.7 cm³/mol. The quantitative estimate of drug-likeness (QED) is 0.501. The van der Waals surface area contributed by atoms with Gasteiger partial charge in [0.25, 0.3) is 0 Å². The van der Waals surface area contributed by atoms with Gasteiger partial charge in [0.05, 0.1) is 0 Å². The fourth-order valence-corrected chi connectivity index (χ4v) is 1.70. The van der Waals surface area contributed by atoms with Crippen molar-refractivity contribution in [1.29, 1.82) is 0 Å². The van der Waals surface area contributed by atoms with Gasteiger partial charge in [-0.05, 0) is 24.0 Å². The Kier molecular flexibility index (Phi) is 11.9. The summed E-state index contributed by atoms with van der Waals surface area (Å²) in [6, 6.07) is 21.2. The molecular weight excluding hydrogens is 406 g/mol. The van der Waals surface area contributed by atoms with Crippen LogP contribution in [0.2, 0.25) is 0 Å². The van der Waals surface area contributed by atoms with E-state index in [4.69, 9.17) is 0 Å². The largest absolute Gasteiger partial charge is 2.00 e. The molecule has 0 fully saturated rings. The van der Waals surface area contributed by atoms with E-state index in [0.717, 1.165) is 12.8 Å². The van der Waals surface area contributed by atoms with Crippen LogP contribution in [0.3, 0.4) is 0 Å². The summed E-state index contributed by atoms with van der Waals surface area (Å²) in [6.07, 6.45) is 1.23. The molecule has 4 nitrogen and oxygen atoms in total. The second kappa shape index (κ2) is 12.5. The number of aliphatic carboxylic acids is 2. The van der Waals surface area contributed by atoms with Crippen LogP contribution in [-0.2, 0) is 22.4 Å². The van der Waals surface area contributed by atoms with Gasteiger partial charge in [-0.1, -0.05) is 60.7 Å². The molecule has 22 heavy (non-hydrogen) atoms. The summed E-state index contributed by atoms with van der Waals surface area (Å²) in [7, 11) is 0. The van der Waals surface area contributed by atoms with Gasteiger partial charge >= 0.3 is 48.9 Å². The molecule has 0 saturated heterocycles. The zero-order valence-electron chi connectivity index (χ0n) is 12.2. The number of carboxylic acids is 2. The molecule has 0 radical (unpaired) electrons. The molecule has 0 amide bonds. The number of carboxylic acid groups (broad SMARTS) is 2. The smallest absolute Gasteiger partial charge is 0.550 e. The van der Waals surface area contributed by atoms with Crippen molar-refractivity contribution in [2.75, 3.05) is 0 Å². The summed E-state index contributed by atoms with van der Waals surface area (Å²) < 4.78 is 0. The molecule has 0 bridgehead atoms. The maximum absolute atomic E-state index is 9.28. The first kappa shape index (κ1) is 21.0. The average molecular weight is 422 g/mol. The number of rotatable bonds is 5. The normalized spacial score (nSPS) is 8.91. The maximum atomic E-state index is 9.28. The Morgan fingerprint density at radius 3 is 1.23 bits per heavy atom. The summed E-state index contributed by atoms with van der Waals surface area (Å²) in [4.78, 5) is 18.6. The number of benzene rings is 2.